The average Bonchev–Trinajstić information content (AvgIpc) is 3.21. The minimum atomic E-state index is -0.311. The summed E-state index contributed by atoms with van der Waals surface area (Å²) < 4.78 is 1.88. The molecule has 2 aromatic heterocycles. The third-order valence-electron chi connectivity index (χ3n) is 6.52. The molecule has 0 unspecified atom stereocenters. The number of allylic oxidation sites excluding steroid dienone is 4. The second-order valence-electron chi connectivity index (χ2n) is 8.72. The second kappa shape index (κ2) is 11.1. The fourth-order valence-electron chi connectivity index (χ4n) is 4.52. The Morgan fingerprint density at radius 1 is 1.17 bits per heavy atom. The highest BCUT2D eigenvalue weighted by Gasteiger charge is 2.34. The van der Waals surface area contributed by atoms with Crippen LogP contribution in [0.25, 0.3) is 0 Å². The van der Waals surface area contributed by atoms with E-state index >= 15 is 0 Å². The Balaban J connectivity index is 1.45. The van der Waals surface area contributed by atoms with Gasteiger partial charge in [0.15, 0.2) is 17.2 Å². The molecule has 1 saturated heterocycles. The summed E-state index contributed by atoms with van der Waals surface area (Å²) in [4.78, 5) is 47.8. The van der Waals surface area contributed by atoms with Crippen LogP contribution in [0.2, 0.25) is 0 Å². The number of aromatic amines is 1. The molecule has 0 atom stereocenters. The van der Waals surface area contributed by atoms with E-state index in [1.165, 1.54) is 4.68 Å². The van der Waals surface area contributed by atoms with E-state index in [0.717, 1.165) is 44.1 Å². The van der Waals surface area contributed by atoms with Crippen LogP contribution in [-0.4, -0.2) is 64.0 Å². The van der Waals surface area contributed by atoms with Crippen molar-refractivity contribution in [3.8, 4) is 0 Å². The zero-order valence-electron chi connectivity index (χ0n) is 20.1. The normalized spacial score (nSPS) is 18.9. The smallest absolute Gasteiger partial charge is 0.258 e. The molecule has 1 aliphatic carbocycles. The Labute approximate surface area is 204 Å². The largest absolute Gasteiger partial charge is 0.354 e. The number of pyridine rings is 1. The Morgan fingerprint density at radius 2 is 1.97 bits per heavy atom. The fourth-order valence-corrected chi connectivity index (χ4v) is 4.52. The number of H-pyrrole nitrogens is 1. The molecule has 3 heterocycles. The number of anilines is 1. The van der Waals surface area contributed by atoms with E-state index in [4.69, 9.17) is 0 Å². The number of hydrogen-bond donors (Lipinski definition) is 1. The summed E-state index contributed by atoms with van der Waals surface area (Å²) in [6, 6.07) is 5.92. The first kappa shape index (κ1) is 24.3. The van der Waals surface area contributed by atoms with E-state index < -0.39 is 0 Å². The van der Waals surface area contributed by atoms with Crippen molar-refractivity contribution in [2.45, 2.75) is 32.7 Å². The van der Waals surface area contributed by atoms with Gasteiger partial charge in [-0.15, -0.1) is 5.73 Å². The molecule has 0 amide bonds. The van der Waals surface area contributed by atoms with Gasteiger partial charge in [0.1, 0.15) is 5.82 Å². The van der Waals surface area contributed by atoms with E-state index in [9.17, 15) is 14.5 Å². The van der Waals surface area contributed by atoms with Gasteiger partial charge in [-0.3, -0.25) is 14.5 Å². The maximum atomic E-state index is 13.3. The van der Waals surface area contributed by atoms with E-state index in [-0.39, 0.29) is 29.4 Å². The zero-order chi connectivity index (χ0) is 24.8. The third kappa shape index (κ3) is 5.48. The number of Topliss-reactive ketones (excluding diaryl/α,β-unsaturated/α-hetero) is 2. The van der Waals surface area contributed by atoms with Crippen LogP contribution in [0.1, 0.15) is 47.2 Å². The summed E-state index contributed by atoms with van der Waals surface area (Å²) in [6.45, 7) is 10.1. The monoisotopic (exact) mass is 475 g/mol. The van der Waals surface area contributed by atoms with E-state index in [1.54, 1.807) is 31.3 Å². The van der Waals surface area contributed by atoms with Crippen LogP contribution < -0.4 is 9.56 Å². The van der Waals surface area contributed by atoms with Gasteiger partial charge in [0.25, 0.3) is 4.66 Å². The summed E-state index contributed by atoms with van der Waals surface area (Å²) in [5, 5.41) is 2.57. The molecule has 1 fully saturated rings. The van der Waals surface area contributed by atoms with Crippen molar-refractivity contribution in [3.63, 3.8) is 0 Å². The molecule has 0 saturated carbocycles. The highest BCUT2D eigenvalue weighted by molar-refractivity contribution is 6.14. The van der Waals surface area contributed by atoms with E-state index in [0.29, 0.717) is 29.6 Å². The average molecular weight is 476 g/mol. The Hall–Kier alpha value is -3.81. The van der Waals surface area contributed by atoms with Crippen LogP contribution in [0.5, 0.6) is 0 Å². The lowest BCUT2D eigenvalue weighted by Gasteiger charge is -2.35. The predicted octanol–water partition coefficient (Wildman–Crippen LogP) is 2.71. The quantitative estimate of drug-likeness (QED) is 0.376. The minimum Gasteiger partial charge on any atom is -0.354 e. The van der Waals surface area contributed by atoms with Gasteiger partial charge in [0.05, 0.1) is 11.5 Å². The molecule has 1 N–H and O–H groups in total. The van der Waals surface area contributed by atoms with Gasteiger partial charge < -0.3 is 4.90 Å². The van der Waals surface area contributed by atoms with Gasteiger partial charge in [0, 0.05) is 50.9 Å². The molecule has 2 aromatic rings. The predicted molar refractivity (Wildman–Crippen MR) is 133 cm³/mol. The Kier molecular flexibility index (Phi) is 7.70. The molecule has 1 aliphatic heterocycles. The number of rotatable bonds is 7. The molecule has 9 nitrogen and oxygen atoms in total. The molecular formula is C26H31N6O3+. The van der Waals surface area contributed by atoms with Crippen LogP contribution in [0.3, 0.4) is 0 Å². The number of carbonyl (C=O) groups excluding carboxylic acids is 2. The van der Waals surface area contributed by atoms with Crippen LogP contribution in [0.15, 0.2) is 66.1 Å². The van der Waals surface area contributed by atoms with Crippen molar-refractivity contribution in [1.29, 1.82) is 0 Å². The maximum Gasteiger partial charge on any atom is 0.258 e. The highest BCUT2D eigenvalue weighted by Crippen LogP contribution is 2.24. The van der Waals surface area contributed by atoms with Gasteiger partial charge in [-0.1, -0.05) is 28.5 Å². The molecule has 2 aliphatic rings. The Morgan fingerprint density at radius 3 is 2.69 bits per heavy atom. The lowest BCUT2D eigenvalue weighted by Crippen LogP contribution is -2.47. The number of hydrogen-bond acceptors (Lipinski definition) is 6. The van der Waals surface area contributed by atoms with Crippen LogP contribution >= 0.6 is 0 Å². The van der Waals surface area contributed by atoms with Crippen LogP contribution in [0, 0.1) is 4.91 Å². The molecule has 35 heavy (non-hydrogen) atoms. The summed E-state index contributed by atoms with van der Waals surface area (Å²) >= 11 is 0. The number of nitrogens with zero attached hydrogens (tertiary/aromatic N) is 5. The standard InChI is InChI=1S/C26H30N6O3/c1-3-4-5-9-21-11-12-22(33)24-25(26(34)20(21)2)31(32(35)28-24)15-8-14-29-16-18-30(19-17-29)23-10-6-7-13-27-23/h3-4,6-7,9-10,13H,1,8,11-12,14-19H2,2H3/p+1/b21-20-. The lowest BCUT2D eigenvalue weighted by molar-refractivity contribution is -0.652. The summed E-state index contributed by atoms with van der Waals surface area (Å²) in [7, 11) is 0. The Bertz CT molecular complexity index is 1260. The third-order valence-corrected chi connectivity index (χ3v) is 6.52. The SMILES string of the molecule is C=CC=C=C/C1=C(\C)C(=O)c2c([nH][n+](=O)n2CCCN2CCN(c3ccccn3)CC2)C(=O)CC1. The summed E-state index contributed by atoms with van der Waals surface area (Å²) in [5.74, 6) is 0.435. The van der Waals surface area contributed by atoms with Gasteiger partial charge in [0.2, 0.25) is 5.78 Å². The number of fused-ring (bicyclic) bond motifs is 1. The number of nitrogens with one attached hydrogen (secondary N) is 1. The van der Waals surface area contributed by atoms with Crippen molar-refractivity contribution in [2.75, 3.05) is 37.6 Å². The molecular weight excluding hydrogens is 444 g/mol. The van der Waals surface area contributed by atoms with Crippen molar-refractivity contribution in [3.05, 3.63) is 82.4 Å². The first-order valence-corrected chi connectivity index (χ1v) is 11.9. The minimum absolute atomic E-state index is 0.0954. The molecule has 9 heteroatoms. The zero-order valence-corrected chi connectivity index (χ0v) is 20.1. The molecule has 0 spiro atoms. The van der Waals surface area contributed by atoms with Gasteiger partial charge in [-0.05, 0) is 49.6 Å². The molecule has 0 aromatic carbocycles. The van der Waals surface area contributed by atoms with Crippen LogP contribution in [-0.2, 0) is 6.54 Å². The summed E-state index contributed by atoms with van der Waals surface area (Å²) in [5.41, 5.74) is 4.45. The van der Waals surface area contributed by atoms with E-state index in [2.05, 4.69) is 32.2 Å². The molecule has 182 valence electrons. The molecule has 0 bridgehead atoms. The number of piperazine rings is 1. The lowest BCUT2D eigenvalue weighted by atomic mass is 9.93. The number of aromatic nitrogens is 4. The van der Waals surface area contributed by atoms with Crippen molar-refractivity contribution < 1.29 is 14.2 Å². The van der Waals surface area contributed by atoms with Crippen LogP contribution in [0.4, 0.5) is 5.82 Å². The second-order valence-corrected chi connectivity index (χ2v) is 8.72. The summed E-state index contributed by atoms with van der Waals surface area (Å²) in [6.07, 6.45) is 8.06. The van der Waals surface area contributed by atoms with Crippen molar-refractivity contribution >= 4 is 17.4 Å². The number of ketones is 2. The van der Waals surface area contributed by atoms with Gasteiger partial charge in [-0.2, -0.15) is 0 Å². The molecule has 4 rings (SSSR count). The first-order chi connectivity index (χ1) is 17.0. The molecule has 0 radical (unpaired) electrons. The van der Waals surface area contributed by atoms with Gasteiger partial charge in [-0.25, -0.2) is 4.98 Å². The number of carbonyl (C=O) groups is 2. The van der Waals surface area contributed by atoms with Gasteiger partial charge >= 0.3 is 0 Å². The van der Waals surface area contributed by atoms with E-state index in [1.807, 2.05) is 18.2 Å². The van der Waals surface area contributed by atoms with Crippen molar-refractivity contribution in [1.82, 2.24) is 19.7 Å². The topological polar surface area (TPSA) is 97.2 Å². The fraction of sp³-hybridized carbons (Fsp3) is 0.385. The highest BCUT2D eigenvalue weighted by atomic mass is 16.3. The van der Waals surface area contributed by atoms with Crippen molar-refractivity contribution in [2.24, 2.45) is 0 Å². The maximum absolute atomic E-state index is 13.3. The first-order valence-electron chi connectivity index (χ1n) is 11.9.